The highest BCUT2D eigenvalue weighted by molar-refractivity contribution is 6.04. The van der Waals surface area contributed by atoms with E-state index in [2.05, 4.69) is 11.4 Å². The second kappa shape index (κ2) is 8.57. The lowest BCUT2D eigenvalue weighted by Crippen LogP contribution is -2.33. The van der Waals surface area contributed by atoms with Crippen LogP contribution in [0, 0.1) is 18.3 Å². The number of hydrogen-bond acceptors (Lipinski definition) is 3. The van der Waals surface area contributed by atoms with Crippen LogP contribution in [0.4, 0.5) is 10.5 Å². The zero-order valence-corrected chi connectivity index (χ0v) is 16.2. The SMILES string of the molecule is Cc1cccc(NC(=O)N(C)Cc2cccc(C#N)c2)c1C(=O)N1CCCC1. The van der Waals surface area contributed by atoms with E-state index in [9.17, 15) is 9.59 Å². The molecule has 1 heterocycles. The molecule has 28 heavy (non-hydrogen) atoms. The van der Waals surface area contributed by atoms with Gasteiger partial charge in [0.1, 0.15) is 0 Å². The fourth-order valence-corrected chi connectivity index (χ4v) is 3.43. The van der Waals surface area contributed by atoms with Crippen LogP contribution < -0.4 is 5.32 Å². The van der Waals surface area contributed by atoms with Crippen molar-refractivity contribution in [2.75, 3.05) is 25.5 Å². The van der Waals surface area contributed by atoms with E-state index in [4.69, 9.17) is 5.26 Å². The van der Waals surface area contributed by atoms with Crippen LogP contribution in [0.25, 0.3) is 0 Å². The van der Waals surface area contributed by atoms with Crippen LogP contribution in [0.3, 0.4) is 0 Å². The third-order valence-electron chi connectivity index (χ3n) is 4.94. The first kappa shape index (κ1) is 19.4. The quantitative estimate of drug-likeness (QED) is 0.882. The molecule has 1 saturated heterocycles. The van der Waals surface area contributed by atoms with Crippen LogP contribution in [-0.2, 0) is 6.54 Å². The number of aryl methyl sites for hydroxylation is 1. The van der Waals surface area contributed by atoms with E-state index in [-0.39, 0.29) is 11.9 Å². The van der Waals surface area contributed by atoms with E-state index in [0.717, 1.165) is 37.1 Å². The minimum atomic E-state index is -0.302. The zero-order chi connectivity index (χ0) is 20.1. The number of nitrogens with zero attached hydrogens (tertiary/aromatic N) is 3. The van der Waals surface area contributed by atoms with Crippen molar-refractivity contribution in [3.63, 3.8) is 0 Å². The summed E-state index contributed by atoms with van der Waals surface area (Å²) in [6, 6.07) is 14.4. The molecule has 6 nitrogen and oxygen atoms in total. The van der Waals surface area contributed by atoms with E-state index in [1.165, 1.54) is 4.90 Å². The van der Waals surface area contributed by atoms with Gasteiger partial charge >= 0.3 is 6.03 Å². The van der Waals surface area contributed by atoms with Gasteiger partial charge in [-0.3, -0.25) is 4.79 Å². The summed E-state index contributed by atoms with van der Waals surface area (Å²) >= 11 is 0. The molecule has 3 amide bonds. The largest absolute Gasteiger partial charge is 0.339 e. The Morgan fingerprint density at radius 1 is 1.18 bits per heavy atom. The van der Waals surface area contributed by atoms with Crippen molar-refractivity contribution in [1.82, 2.24) is 9.80 Å². The van der Waals surface area contributed by atoms with Gasteiger partial charge in [-0.05, 0) is 49.1 Å². The molecule has 144 valence electrons. The Kier molecular flexibility index (Phi) is 5.95. The number of carbonyl (C=O) groups excluding carboxylic acids is 2. The van der Waals surface area contributed by atoms with Gasteiger partial charge < -0.3 is 15.1 Å². The van der Waals surface area contributed by atoms with Gasteiger partial charge in [-0.2, -0.15) is 5.26 Å². The monoisotopic (exact) mass is 376 g/mol. The molecule has 3 rings (SSSR count). The molecule has 0 aromatic heterocycles. The molecular formula is C22H24N4O2. The van der Waals surface area contributed by atoms with Crippen molar-refractivity contribution < 1.29 is 9.59 Å². The third-order valence-corrected chi connectivity index (χ3v) is 4.94. The van der Waals surface area contributed by atoms with Gasteiger partial charge in [0.2, 0.25) is 0 Å². The van der Waals surface area contributed by atoms with Crippen molar-refractivity contribution >= 4 is 17.6 Å². The second-order valence-corrected chi connectivity index (χ2v) is 7.10. The molecule has 0 radical (unpaired) electrons. The van der Waals surface area contributed by atoms with Crippen LogP contribution in [-0.4, -0.2) is 41.9 Å². The molecule has 0 aliphatic carbocycles. The molecule has 0 saturated carbocycles. The fraction of sp³-hybridized carbons (Fsp3) is 0.318. The minimum Gasteiger partial charge on any atom is -0.339 e. The Hall–Kier alpha value is -3.33. The lowest BCUT2D eigenvalue weighted by molar-refractivity contribution is 0.0793. The molecule has 2 aromatic carbocycles. The molecule has 1 N–H and O–H groups in total. The zero-order valence-electron chi connectivity index (χ0n) is 16.2. The summed E-state index contributed by atoms with van der Waals surface area (Å²) in [6.45, 7) is 3.77. The maximum absolute atomic E-state index is 12.9. The van der Waals surface area contributed by atoms with Gasteiger partial charge in [0.15, 0.2) is 0 Å². The summed E-state index contributed by atoms with van der Waals surface area (Å²) in [5.41, 5.74) is 3.36. The van der Waals surface area contributed by atoms with Crippen LogP contribution in [0.2, 0.25) is 0 Å². The molecule has 1 aliphatic heterocycles. The molecule has 0 bridgehead atoms. The number of benzene rings is 2. The van der Waals surface area contributed by atoms with Crippen LogP contribution in [0.1, 0.15) is 39.9 Å². The van der Waals surface area contributed by atoms with Crippen molar-refractivity contribution in [1.29, 1.82) is 5.26 Å². The summed E-state index contributed by atoms with van der Waals surface area (Å²) in [7, 11) is 1.69. The smallest absolute Gasteiger partial charge is 0.321 e. The summed E-state index contributed by atoms with van der Waals surface area (Å²) in [6.07, 6.45) is 2.04. The number of urea groups is 1. The van der Waals surface area contributed by atoms with Gasteiger partial charge in [-0.15, -0.1) is 0 Å². The molecular weight excluding hydrogens is 352 g/mol. The Balaban J connectivity index is 1.75. The predicted molar refractivity (Wildman–Crippen MR) is 108 cm³/mol. The van der Waals surface area contributed by atoms with E-state index in [1.807, 2.05) is 30.0 Å². The van der Waals surface area contributed by atoms with Crippen molar-refractivity contribution in [3.05, 3.63) is 64.7 Å². The average Bonchev–Trinajstić information content (AvgIpc) is 3.22. The number of nitrogens with one attached hydrogen (secondary N) is 1. The number of hydrogen-bond donors (Lipinski definition) is 1. The summed E-state index contributed by atoms with van der Waals surface area (Å²) in [5, 5.41) is 11.9. The molecule has 2 aromatic rings. The molecule has 6 heteroatoms. The Morgan fingerprint density at radius 2 is 1.89 bits per heavy atom. The first-order chi connectivity index (χ1) is 13.5. The standard InChI is InChI=1S/C22H24N4O2/c1-16-7-5-10-19(20(16)21(27)26-11-3-4-12-26)24-22(28)25(2)15-18-9-6-8-17(13-18)14-23/h5-10,13H,3-4,11-12,15H2,1-2H3,(H,24,28). The van der Waals surface area contributed by atoms with Gasteiger partial charge in [0, 0.05) is 26.7 Å². The Bertz CT molecular complexity index is 926. The number of carbonyl (C=O) groups is 2. The first-order valence-electron chi connectivity index (χ1n) is 9.39. The molecule has 1 fully saturated rings. The van der Waals surface area contributed by atoms with Gasteiger partial charge in [0.25, 0.3) is 5.91 Å². The summed E-state index contributed by atoms with van der Waals surface area (Å²) in [5.74, 6) is -0.0322. The van der Waals surface area contributed by atoms with E-state index in [1.54, 1.807) is 31.3 Å². The summed E-state index contributed by atoms with van der Waals surface area (Å²) < 4.78 is 0. The van der Waals surface area contributed by atoms with E-state index in [0.29, 0.717) is 23.4 Å². The maximum atomic E-state index is 12.9. The van der Waals surface area contributed by atoms with Crippen molar-refractivity contribution in [2.45, 2.75) is 26.3 Å². The number of anilines is 1. The fourth-order valence-electron chi connectivity index (χ4n) is 3.43. The number of nitriles is 1. The number of likely N-dealkylation sites (tertiary alicyclic amines) is 1. The summed E-state index contributed by atoms with van der Waals surface area (Å²) in [4.78, 5) is 29.0. The molecule has 0 unspecified atom stereocenters. The third kappa shape index (κ3) is 4.32. The van der Waals surface area contributed by atoms with Gasteiger partial charge in [-0.25, -0.2) is 4.79 Å². The van der Waals surface area contributed by atoms with Crippen molar-refractivity contribution in [2.24, 2.45) is 0 Å². The normalized spacial score (nSPS) is 13.1. The lowest BCUT2D eigenvalue weighted by atomic mass is 10.1. The Morgan fingerprint density at radius 3 is 2.61 bits per heavy atom. The van der Waals surface area contributed by atoms with Gasteiger partial charge in [0.05, 0.1) is 22.9 Å². The second-order valence-electron chi connectivity index (χ2n) is 7.10. The highest BCUT2D eigenvalue weighted by Crippen LogP contribution is 2.24. The maximum Gasteiger partial charge on any atom is 0.321 e. The molecule has 0 spiro atoms. The van der Waals surface area contributed by atoms with E-state index >= 15 is 0 Å². The lowest BCUT2D eigenvalue weighted by Gasteiger charge is -2.22. The van der Waals surface area contributed by atoms with Crippen LogP contribution in [0.5, 0.6) is 0 Å². The van der Waals surface area contributed by atoms with Gasteiger partial charge in [-0.1, -0.05) is 24.3 Å². The number of amides is 3. The van der Waals surface area contributed by atoms with Crippen LogP contribution >= 0.6 is 0 Å². The van der Waals surface area contributed by atoms with Crippen molar-refractivity contribution in [3.8, 4) is 6.07 Å². The topological polar surface area (TPSA) is 76.4 Å². The molecule has 0 atom stereocenters. The Labute approximate surface area is 165 Å². The average molecular weight is 376 g/mol. The highest BCUT2D eigenvalue weighted by Gasteiger charge is 2.24. The number of rotatable bonds is 4. The predicted octanol–water partition coefficient (Wildman–Crippen LogP) is 3.77. The first-order valence-corrected chi connectivity index (χ1v) is 9.39. The molecule has 1 aliphatic rings. The van der Waals surface area contributed by atoms with E-state index < -0.39 is 0 Å². The van der Waals surface area contributed by atoms with Crippen LogP contribution in [0.15, 0.2) is 42.5 Å². The minimum absolute atomic E-state index is 0.0322. The highest BCUT2D eigenvalue weighted by atomic mass is 16.2.